The second kappa shape index (κ2) is 7.09. The number of hydrogen-bond acceptors (Lipinski definition) is 5. The zero-order valence-electron chi connectivity index (χ0n) is 13.7. The third kappa shape index (κ3) is 3.79. The molecule has 2 amide bonds. The Morgan fingerprint density at radius 2 is 2.08 bits per heavy atom. The third-order valence-electron chi connectivity index (χ3n) is 3.97. The van der Waals surface area contributed by atoms with Gasteiger partial charge in [-0.1, -0.05) is 55.5 Å². The van der Waals surface area contributed by atoms with E-state index in [1.165, 1.54) is 11.3 Å². The van der Waals surface area contributed by atoms with E-state index in [0.717, 1.165) is 10.6 Å². The van der Waals surface area contributed by atoms with E-state index >= 15 is 0 Å². The molecule has 1 aromatic carbocycles. The van der Waals surface area contributed by atoms with Crippen molar-refractivity contribution in [2.75, 3.05) is 11.9 Å². The first kappa shape index (κ1) is 16.6. The van der Waals surface area contributed by atoms with E-state index < -0.39 is 0 Å². The van der Waals surface area contributed by atoms with Crippen LogP contribution in [0.4, 0.5) is 5.13 Å². The molecule has 7 heteroatoms. The Balaban J connectivity index is 1.59. The van der Waals surface area contributed by atoms with Gasteiger partial charge in [0.25, 0.3) is 0 Å². The largest absolute Gasteiger partial charge is 0.338 e. The van der Waals surface area contributed by atoms with Crippen LogP contribution in [-0.2, 0) is 16.1 Å². The third-order valence-corrected chi connectivity index (χ3v) is 5.11. The van der Waals surface area contributed by atoms with Crippen LogP contribution in [0.2, 0.25) is 0 Å². The van der Waals surface area contributed by atoms with E-state index in [9.17, 15) is 9.59 Å². The number of carbonyl (C=O) groups is 2. The first-order valence-corrected chi connectivity index (χ1v) is 8.80. The van der Waals surface area contributed by atoms with Gasteiger partial charge in [-0.3, -0.25) is 9.59 Å². The second-order valence-electron chi connectivity index (χ2n) is 6.25. The molecule has 1 aliphatic heterocycles. The maximum Gasteiger partial charge on any atom is 0.231 e. The maximum atomic E-state index is 12.4. The number of benzene rings is 1. The van der Waals surface area contributed by atoms with Crippen molar-refractivity contribution >= 4 is 28.3 Å². The fourth-order valence-electron chi connectivity index (χ4n) is 2.63. The molecular formula is C17H20N4O2S. The number of rotatable bonds is 5. The molecule has 3 rings (SSSR count). The van der Waals surface area contributed by atoms with Gasteiger partial charge in [0, 0.05) is 25.4 Å². The van der Waals surface area contributed by atoms with Crippen LogP contribution in [0.25, 0.3) is 0 Å². The smallest absolute Gasteiger partial charge is 0.231 e. The summed E-state index contributed by atoms with van der Waals surface area (Å²) in [4.78, 5) is 26.3. The molecule has 24 heavy (non-hydrogen) atoms. The molecule has 6 nitrogen and oxygen atoms in total. The van der Waals surface area contributed by atoms with Crippen LogP contribution >= 0.6 is 11.3 Å². The maximum absolute atomic E-state index is 12.4. The molecule has 1 unspecified atom stereocenters. The number of nitrogens with one attached hydrogen (secondary N) is 1. The molecule has 1 aliphatic rings. The average Bonchev–Trinajstić information content (AvgIpc) is 3.16. The number of anilines is 1. The van der Waals surface area contributed by atoms with Crippen molar-refractivity contribution in [2.45, 2.75) is 32.7 Å². The van der Waals surface area contributed by atoms with Crippen LogP contribution in [0.1, 0.15) is 36.8 Å². The molecule has 1 fully saturated rings. The zero-order chi connectivity index (χ0) is 17.1. The number of carbonyl (C=O) groups excluding carboxylic acids is 2. The second-order valence-corrected chi connectivity index (χ2v) is 7.26. The van der Waals surface area contributed by atoms with Crippen LogP contribution in [0, 0.1) is 5.92 Å². The summed E-state index contributed by atoms with van der Waals surface area (Å²) in [7, 11) is 0. The molecule has 0 radical (unpaired) electrons. The highest BCUT2D eigenvalue weighted by molar-refractivity contribution is 7.15. The van der Waals surface area contributed by atoms with Crippen LogP contribution in [0.3, 0.4) is 0 Å². The summed E-state index contributed by atoms with van der Waals surface area (Å²) in [5, 5.41) is 12.2. The zero-order valence-corrected chi connectivity index (χ0v) is 14.5. The molecule has 126 valence electrons. The lowest BCUT2D eigenvalue weighted by molar-refractivity contribution is -0.128. The Morgan fingerprint density at radius 3 is 2.75 bits per heavy atom. The van der Waals surface area contributed by atoms with E-state index in [1.54, 1.807) is 4.90 Å². The summed E-state index contributed by atoms with van der Waals surface area (Å²) in [5.41, 5.74) is 1.07. The van der Waals surface area contributed by atoms with E-state index in [-0.39, 0.29) is 30.1 Å². The average molecular weight is 344 g/mol. The van der Waals surface area contributed by atoms with E-state index in [4.69, 9.17) is 0 Å². The Labute approximate surface area is 144 Å². The minimum absolute atomic E-state index is 0.0131. The highest BCUT2D eigenvalue weighted by Gasteiger charge is 2.34. The predicted molar refractivity (Wildman–Crippen MR) is 92.6 cm³/mol. The highest BCUT2D eigenvalue weighted by atomic mass is 32.1. The number of likely N-dealkylation sites (tertiary alicyclic amines) is 1. The lowest BCUT2D eigenvalue weighted by Crippen LogP contribution is -2.28. The van der Waals surface area contributed by atoms with Crippen LogP contribution < -0.4 is 5.32 Å². The Kier molecular flexibility index (Phi) is 4.89. The lowest BCUT2D eigenvalue weighted by Gasteiger charge is -2.16. The van der Waals surface area contributed by atoms with Crippen molar-refractivity contribution in [1.82, 2.24) is 15.1 Å². The quantitative estimate of drug-likeness (QED) is 0.905. The standard InChI is InChI=1S/C17H20N4O2S/c1-11(2)16-19-20-17(24-16)18-15(23)13-8-14(22)21(10-13)9-12-6-4-3-5-7-12/h3-7,11,13H,8-10H2,1-2H3,(H,18,20,23). The van der Waals surface area contributed by atoms with E-state index in [2.05, 4.69) is 15.5 Å². The van der Waals surface area contributed by atoms with Gasteiger partial charge in [0.05, 0.1) is 5.92 Å². The summed E-state index contributed by atoms with van der Waals surface area (Å²) >= 11 is 1.38. The summed E-state index contributed by atoms with van der Waals surface area (Å²) < 4.78 is 0. The van der Waals surface area contributed by atoms with Crippen molar-refractivity contribution in [3.63, 3.8) is 0 Å². The van der Waals surface area contributed by atoms with Crippen LogP contribution in [0.15, 0.2) is 30.3 Å². The molecule has 0 saturated carbocycles. The van der Waals surface area contributed by atoms with Gasteiger partial charge in [0.1, 0.15) is 5.01 Å². The van der Waals surface area contributed by atoms with Gasteiger partial charge in [-0.25, -0.2) is 0 Å². The van der Waals surface area contributed by atoms with Gasteiger partial charge in [-0.05, 0) is 5.56 Å². The molecule has 1 N–H and O–H groups in total. The van der Waals surface area contributed by atoms with Crippen molar-refractivity contribution in [3.8, 4) is 0 Å². The number of aromatic nitrogens is 2. The van der Waals surface area contributed by atoms with Crippen LogP contribution in [-0.4, -0.2) is 33.5 Å². The van der Waals surface area contributed by atoms with Gasteiger partial charge in [0.2, 0.25) is 16.9 Å². The minimum atomic E-state index is -0.340. The number of nitrogens with zero attached hydrogens (tertiary/aromatic N) is 3. The monoisotopic (exact) mass is 344 g/mol. The molecule has 0 spiro atoms. The Morgan fingerprint density at radius 1 is 1.33 bits per heavy atom. The normalized spacial score (nSPS) is 17.5. The Bertz CT molecular complexity index is 729. The van der Waals surface area contributed by atoms with Gasteiger partial charge in [-0.2, -0.15) is 0 Å². The van der Waals surface area contributed by atoms with E-state index in [1.807, 2.05) is 44.2 Å². The minimum Gasteiger partial charge on any atom is -0.338 e. The molecular weight excluding hydrogens is 324 g/mol. The first-order valence-electron chi connectivity index (χ1n) is 7.99. The molecule has 1 saturated heterocycles. The summed E-state index contributed by atoms with van der Waals surface area (Å²) in [6.45, 7) is 5.04. The molecule has 1 aromatic heterocycles. The first-order chi connectivity index (χ1) is 11.5. The fourth-order valence-corrected chi connectivity index (χ4v) is 3.38. The molecule has 1 atom stereocenters. The molecule has 0 aliphatic carbocycles. The molecule has 2 aromatic rings. The molecule has 2 heterocycles. The topological polar surface area (TPSA) is 75.2 Å². The van der Waals surface area contributed by atoms with Crippen molar-refractivity contribution in [2.24, 2.45) is 5.92 Å². The summed E-state index contributed by atoms with van der Waals surface area (Å²) in [6.07, 6.45) is 0.245. The fraction of sp³-hybridized carbons (Fsp3) is 0.412. The van der Waals surface area contributed by atoms with Crippen LogP contribution in [0.5, 0.6) is 0 Å². The number of hydrogen-bond donors (Lipinski definition) is 1. The van der Waals surface area contributed by atoms with Gasteiger partial charge in [0.15, 0.2) is 0 Å². The molecule has 0 bridgehead atoms. The van der Waals surface area contributed by atoms with Crippen molar-refractivity contribution in [3.05, 3.63) is 40.9 Å². The summed E-state index contributed by atoms with van der Waals surface area (Å²) in [5.74, 6) is -0.209. The van der Waals surface area contributed by atoms with Crippen molar-refractivity contribution < 1.29 is 9.59 Å². The Hall–Kier alpha value is -2.28. The lowest BCUT2D eigenvalue weighted by atomic mass is 10.1. The van der Waals surface area contributed by atoms with Crippen molar-refractivity contribution in [1.29, 1.82) is 0 Å². The van der Waals surface area contributed by atoms with Gasteiger partial charge in [-0.15, -0.1) is 10.2 Å². The SMILES string of the molecule is CC(C)c1nnc(NC(=O)C2CC(=O)N(Cc3ccccc3)C2)s1. The van der Waals surface area contributed by atoms with Gasteiger partial charge < -0.3 is 10.2 Å². The number of amides is 2. The summed E-state index contributed by atoms with van der Waals surface area (Å²) in [6, 6.07) is 9.80. The van der Waals surface area contributed by atoms with Gasteiger partial charge >= 0.3 is 0 Å². The van der Waals surface area contributed by atoms with E-state index in [0.29, 0.717) is 18.2 Å². The highest BCUT2D eigenvalue weighted by Crippen LogP contribution is 2.25. The predicted octanol–water partition coefficient (Wildman–Crippen LogP) is 2.65.